The van der Waals surface area contributed by atoms with Crippen LogP contribution in [0.15, 0.2) is 18.2 Å². The molecule has 1 atom stereocenters. The zero-order chi connectivity index (χ0) is 15.7. The van der Waals surface area contributed by atoms with Crippen LogP contribution in [0.5, 0.6) is 0 Å². The molecule has 1 heterocycles. The average Bonchev–Trinajstić information content (AvgIpc) is 2.69. The van der Waals surface area contributed by atoms with Crippen LogP contribution in [0.2, 0.25) is 10.0 Å². The number of anilines is 1. The maximum absolute atomic E-state index is 6.27. The highest BCUT2D eigenvalue weighted by Crippen LogP contribution is 2.31. The minimum Gasteiger partial charge on any atom is -0.375 e. The highest BCUT2D eigenvalue weighted by Gasteiger charge is 2.17. The molecule has 0 amide bonds. The quantitative estimate of drug-likeness (QED) is 0.797. The predicted octanol–water partition coefficient (Wildman–Crippen LogP) is 5.56. The SMILES string of the molecule is Cc1nn(C(C)C)c(C)c1NC(C)c1cc(Cl)ccc1Cl. The molecular weight excluding hydrogens is 305 g/mol. The summed E-state index contributed by atoms with van der Waals surface area (Å²) in [5.41, 5.74) is 4.17. The first-order chi connectivity index (χ1) is 9.81. The Hall–Kier alpha value is -1.19. The second-order valence-electron chi connectivity index (χ2n) is 5.62. The molecule has 0 aliphatic heterocycles. The monoisotopic (exact) mass is 325 g/mol. The number of rotatable bonds is 4. The first kappa shape index (κ1) is 16.2. The number of hydrogen-bond acceptors (Lipinski definition) is 2. The second-order valence-corrected chi connectivity index (χ2v) is 6.46. The highest BCUT2D eigenvalue weighted by molar-refractivity contribution is 6.33. The van der Waals surface area contributed by atoms with Crippen LogP contribution in [0, 0.1) is 13.8 Å². The van der Waals surface area contributed by atoms with Crippen molar-refractivity contribution in [2.24, 2.45) is 0 Å². The normalized spacial score (nSPS) is 12.8. The van der Waals surface area contributed by atoms with Crippen LogP contribution < -0.4 is 5.32 Å². The van der Waals surface area contributed by atoms with Crippen LogP contribution in [0.1, 0.15) is 49.8 Å². The molecule has 0 aliphatic rings. The number of aryl methyl sites for hydroxylation is 1. The van der Waals surface area contributed by atoms with Gasteiger partial charge in [0.05, 0.1) is 23.1 Å². The van der Waals surface area contributed by atoms with Crippen LogP contribution >= 0.6 is 23.2 Å². The predicted molar refractivity (Wildman–Crippen MR) is 90.6 cm³/mol. The molecule has 0 bridgehead atoms. The Kier molecular flexibility index (Phi) is 4.84. The molecule has 1 N–H and O–H groups in total. The van der Waals surface area contributed by atoms with Gasteiger partial charge in [-0.3, -0.25) is 4.68 Å². The number of nitrogens with zero attached hydrogens (tertiary/aromatic N) is 2. The van der Waals surface area contributed by atoms with Gasteiger partial charge in [-0.25, -0.2) is 0 Å². The number of benzene rings is 1. The summed E-state index contributed by atoms with van der Waals surface area (Å²) in [7, 11) is 0. The van der Waals surface area contributed by atoms with Gasteiger partial charge >= 0.3 is 0 Å². The average molecular weight is 326 g/mol. The fourth-order valence-corrected chi connectivity index (χ4v) is 2.98. The van der Waals surface area contributed by atoms with Gasteiger partial charge in [-0.2, -0.15) is 5.10 Å². The lowest BCUT2D eigenvalue weighted by Gasteiger charge is -2.18. The Morgan fingerprint density at radius 3 is 2.38 bits per heavy atom. The third-order valence-corrected chi connectivity index (χ3v) is 4.18. The molecule has 5 heteroatoms. The summed E-state index contributed by atoms with van der Waals surface area (Å²) in [6, 6.07) is 5.92. The standard InChI is InChI=1S/C16H21Cl2N3/c1-9(2)21-12(5)16(11(4)20-21)19-10(3)14-8-13(17)6-7-15(14)18/h6-10,19H,1-5H3. The maximum Gasteiger partial charge on any atom is 0.0828 e. The van der Waals surface area contributed by atoms with Gasteiger partial charge in [0, 0.05) is 16.1 Å². The fourth-order valence-electron chi connectivity index (χ4n) is 2.52. The molecule has 0 spiro atoms. The Morgan fingerprint density at radius 2 is 1.81 bits per heavy atom. The molecule has 2 rings (SSSR count). The van der Waals surface area contributed by atoms with E-state index in [2.05, 4.69) is 38.1 Å². The largest absolute Gasteiger partial charge is 0.375 e. The molecule has 2 aromatic rings. The summed E-state index contributed by atoms with van der Waals surface area (Å²) in [5, 5.41) is 9.51. The molecule has 1 unspecified atom stereocenters. The molecule has 0 radical (unpaired) electrons. The van der Waals surface area contributed by atoms with E-state index < -0.39 is 0 Å². The topological polar surface area (TPSA) is 29.9 Å². The minimum absolute atomic E-state index is 0.0541. The third kappa shape index (κ3) is 3.35. The zero-order valence-corrected chi connectivity index (χ0v) is 14.5. The maximum atomic E-state index is 6.27. The summed E-state index contributed by atoms with van der Waals surface area (Å²) in [6.45, 7) is 10.4. The van der Waals surface area contributed by atoms with E-state index in [1.165, 1.54) is 0 Å². The molecular formula is C16H21Cl2N3. The second kappa shape index (κ2) is 6.29. The number of halogens is 2. The lowest BCUT2D eigenvalue weighted by atomic mass is 10.1. The molecule has 114 valence electrons. The molecule has 0 aliphatic carbocycles. The van der Waals surface area contributed by atoms with Crippen molar-refractivity contribution in [1.82, 2.24) is 9.78 Å². The first-order valence-electron chi connectivity index (χ1n) is 7.08. The van der Waals surface area contributed by atoms with Crippen molar-refractivity contribution < 1.29 is 0 Å². The van der Waals surface area contributed by atoms with Gasteiger partial charge in [0.15, 0.2) is 0 Å². The highest BCUT2D eigenvalue weighted by atomic mass is 35.5. The number of aromatic nitrogens is 2. The van der Waals surface area contributed by atoms with Gasteiger partial charge in [0.25, 0.3) is 0 Å². The van der Waals surface area contributed by atoms with Gasteiger partial charge in [-0.05, 0) is 58.4 Å². The molecule has 1 aromatic carbocycles. The van der Waals surface area contributed by atoms with Crippen molar-refractivity contribution in [2.45, 2.75) is 46.7 Å². The Labute approximate surface area is 136 Å². The Bertz CT molecular complexity index is 647. The minimum atomic E-state index is 0.0541. The lowest BCUT2D eigenvalue weighted by molar-refractivity contribution is 0.516. The van der Waals surface area contributed by atoms with Crippen molar-refractivity contribution >= 4 is 28.9 Å². The van der Waals surface area contributed by atoms with E-state index in [1.54, 1.807) is 6.07 Å². The van der Waals surface area contributed by atoms with E-state index in [0.717, 1.165) is 22.6 Å². The number of hydrogen-bond donors (Lipinski definition) is 1. The van der Waals surface area contributed by atoms with E-state index in [1.807, 2.05) is 23.7 Å². The van der Waals surface area contributed by atoms with Gasteiger partial charge in [0.2, 0.25) is 0 Å². The fraction of sp³-hybridized carbons (Fsp3) is 0.438. The molecule has 0 fully saturated rings. The van der Waals surface area contributed by atoms with Crippen LogP contribution in [0.25, 0.3) is 0 Å². The molecule has 3 nitrogen and oxygen atoms in total. The first-order valence-corrected chi connectivity index (χ1v) is 7.84. The molecule has 21 heavy (non-hydrogen) atoms. The van der Waals surface area contributed by atoms with E-state index >= 15 is 0 Å². The van der Waals surface area contributed by atoms with Gasteiger partial charge < -0.3 is 5.32 Å². The number of nitrogens with one attached hydrogen (secondary N) is 1. The summed E-state index contributed by atoms with van der Waals surface area (Å²) < 4.78 is 2.03. The molecule has 0 saturated carbocycles. The van der Waals surface area contributed by atoms with E-state index in [9.17, 15) is 0 Å². The van der Waals surface area contributed by atoms with Crippen molar-refractivity contribution in [3.8, 4) is 0 Å². The third-order valence-electron chi connectivity index (χ3n) is 3.60. The zero-order valence-electron chi connectivity index (χ0n) is 13.0. The Balaban J connectivity index is 2.32. The van der Waals surface area contributed by atoms with Crippen molar-refractivity contribution in [1.29, 1.82) is 0 Å². The summed E-state index contributed by atoms with van der Waals surface area (Å²) in [4.78, 5) is 0. The summed E-state index contributed by atoms with van der Waals surface area (Å²) >= 11 is 12.3. The van der Waals surface area contributed by atoms with E-state index in [0.29, 0.717) is 16.1 Å². The van der Waals surface area contributed by atoms with E-state index in [-0.39, 0.29) is 6.04 Å². The van der Waals surface area contributed by atoms with E-state index in [4.69, 9.17) is 23.2 Å². The van der Waals surface area contributed by atoms with Gasteiger partial charge in [-0.1, -0.05) is 23.2 Å². The Morgan fingerprint density at radius 1 is 1.14 bits per heavy atom. The summed E-state index contributed by atoms with van der Waals surface area (Å²) in [5.74, 6) is 0. The van der Waals surface area contributed by atoms with Crippen molar-refractivity contribution in [2.75, 3.05) is 5.32 Å². The molecule has 0 saturated heterocycles. The van der Waals surface area contributed by atoms with Crippen LogP contribution in [-0.2, 0) is 0 Å². The van der Waals surface area contributed by atoms with Crippen LogP contribution in [0.3, 0.4) is 0 Å². The van der Waals surface area contributed by atoms with Crippen molar-refractivity contribution in [3.63, 3.8) is 0 Å². The van der Waals surface area contributed by atoms with Crippen molar-refractivity contribution in [3.05, 3.63) is 45.2 Å². The van der Waals surface area contributed by atoms with Crippen LogP contribution in [-0.4, -0.2) is 9.78 Å². The smallest absolute Gasteiger partial charge is 0.0828 e. The van der Waals surface area contributed by atoms with Crippen LogP contribution in [0.4, 0.5) is 5.69 Å². The lowest BCUT2D eigenvalue weighted by Crippen LogP contribution is -2.09. The molecule has 1 aromatic heterocycles. The summed E-state index contributed by atoms with van der Waals surface area (Å²) in [6.07, 6.45) is 0. The van der Waals surface area contributed by atoms with Gasteiger partial charge in [0.1, 0.15) is 0 Å². The van der Waals surface area contributed by atoms with Gasteiger partial charge in [-0.15, -0.1) is 0 Å².